The van der Waals surface area contributed by atoms with Crippen molar-refractivity contribution in [3.05, 3.63) is 77.5 Å². The predicted octanol–water partition coefficient (Wildman–Crippen LogP) is 3.90. The number of fused-ring (bicyclic) bond motifs is 1. The van der Waals surface area contributed by atoms with Gasteiger partial charge in [0, 0.05) is 16.6 Å². The first-order chi connectivity index (χ1) is 10.2. The summed E-state index contributed by atoms with van der Waals surface area (Å²) in [6.07, 6.45) is 0. The smallest absolute Gasteiger partial charge is 0.338 e. The van der Waals surface area contributed by atoms with Crippen LogP contribution in [-0.2, 0) is 11.3 Å². The van der Waals surface area contributed by atoms with Crippen LogP contribution in [0.3, 0.4) is 0 Å². The third kappa shape index (κ3) is 2.92. The molecule has 0 atom stereocenters. The lowest BCUT2D eigenvalue weighted by molar-refractivity contribution is 0.0474. The quantitative estimate of drug-likeness (QED) is 0.681. The van der Waals surface area contributed by atoms with Crippen LogP contribution in [0.4, 0.5) is 0 Å². The first kappa shape index (κ1) is 13.3. The molecule has 1 aromatic heterocycles. The van der Waals surface area contributed by atoms with Gasteiger partial charge in [-0.15, -0.1) is 0 Å². The van der Waals surface area contributed by atoms with E-state index in [4.69, 9.17) is 4.74 Å². The summed E-state index contributed by atoms with van der Waals surface area (Å²) in [4.78, 5) is 16.5. The van der Waals surface area contributed by atoms with Crippen molar-refractivity contribution < 1.29 is 9.53 Å². The first-order valence-corrected chi connectivity index (χ1v) is 6.81. The van der Waals surface area contributed by atoms with Gasteiger partial charge in [-0.2, -0.15) is 0 Å². The minimum atomic E-state index is -0.311. The van der Waals surface area contributed by atoms with Crippen molar-refractivity contribution in [3.63, 3.8) is 0 Å². The third-order valence-corrected chi connectivity index (χ3v) is 3.30. The van der Waals surface area contributed by atoms with E-state index in [2.05, 4.69) is 4.98 Å². The number of carbonyl (C=O) groups is 1. The third-order valence-electron chi connectivity index (χ3n) is 3.30. The van der Waals surface area contributed by atoms with Gasteiger partial charge in [0.25, 0.3) is 0 Å². The Labute approximate surface area is 123 Å². The van der Waals surface area contributed by atoms with Crippen molar-refractivity contribution >= 4 is 16.9 Å². The van der Waals surface area contributed by atoms with E-state index in [-0.39, 0.29) is 12.6 Å². The Balaban J connectivity index is 1.84. The van der Waals surface area contributed by atoms with E-state index in [1.807, 2.05) is 55.5 Å². The molecule has 104 valence electrons. The van der Waals surface area contributed by atoms with Crippen molar-refractivity contribution in [1.82, 2.24) is 4.98 Å². The molecule has 0 aliphatic carbocycles. The Morgan fingerprint density at radius 3 is 2.57 bits per heavy atom. The fourth-order valence-corrected chi connectivity index (χ4v) is 2.32. The molecule has 0 amide bonds. The second-order valence-corrected chi connectivity index (χ2v) is 4.88. The molecule has 3 rings (SSSR count). The summed E-state index contributed by atoms with van der Waals surface area (Å²) < 4.78 is 5.41. The molecule has 0 fully saturated rings. The van der Waals surface area contributed by atoms with Gasteiger partial charge in [0.2, 0.25) is 0 Å². The van der Waals surface area contributed by atoms with Crippen molar-refractivity contribution in [1.29, 1.82) is 0 Å². The van der Waals surface area contributed by atoms with Crippen LogP contribution < -0.4 is 0 Å². The largest absolute Gasteiger partial charge is 0.457 e. The van der Waals surface area contributed by atoms with Crippen LogP contribution in [0.15, 0.2) is 60.7 Å². The normalized spacial score (nSPS) is 10.5. The molecule has 3 aromatic rings. The Bertz CT molecular complexity index is 782. The van der Waals surface area contributed by atoms with E-state index in [0.29, 0.717) is 5.56 Å². The monoisotopic (exact) mass is 277 g/mol. The molecular weight excluding hydrogens is 262 g/mol. The van der Waals surface area contributed by atoms with Gasteiger partial charge in [-0.1, -0.05) is 36.4 Å². The SMILES string of the molecule is Cc1cc(COC(=O)c2ccccc2)c2ccccc2n1. The summed E-state index contributed by atoms with van der Waals surface area (Å²) in [6, 6.07) is 18.8. The molecule has 0 saturated heterocycles. The van der Waals surface area contributed by atoms with Crippen LogP contribution in [0.25, 0.3) is 10.9 Å². The van der Waals surface area contributed by atoms with E-state index >= 15 is 0 Å². The Hall–Kier alpha value is -2.68. The lowest BCUT2D eigenvalue weighted by Crippen LogP contribution is -2.05. The fourth-order valence-electron chi connectivity index (χ4n) is 2.32. The van der Waals surface area contributed by atoms with Crippen molar-refractivity contribution in [3.8, 4) is 0 Å². The van der Waals surface area contributed by atoms with E-state index in [9.17, 15) is 4.79 Å². The average Bonchev–Trinajstić information content (AvgIpc) is 2.53. The van der Waals surface area contributed by atoms with Crippen molar-refractivity contribution in [2.45, 2.75) is 13.5 Å². The number of aryl methyl sites for hydroxylation is 1. The highest BCUT2D eigenvalue weighted by molar-refractivity contribution is 5.89. The van der Waals surface area contributed by atoms with Gasteiger partial charge in [-0.25, -0.2) is 4.79 Å². The fraction of sp³-hybridized carbons (Fsp3) is 0.111. The number of hydrogen-bond acceptors (Lipinski definition) is 3. The number of rotatable bonds is 3. The standard InChI is InChI=1S/C18H15NO2/c1-13-11-15(16-9-5-6-10-17(16)19-13)12-21-18(20)14-7-3-2-4-8-14/h2-11H,12H2,1H3. The number of esters is 1. The molecule has 0 radical (unpaired) electrons. The summed E-state index contributed by atoms with van der Waals surface area (Å²) in [7, 11) is 0. The molecule has 2 aromatic carbocycles. The number of benzene rings is 2. The van der Waals surface area contributed by atoms with Crippen molar-refractivity contribution in [2.75, 3.05) is 0 Å². The molecule has 0 aliphatic rings. The number of carbonyl (C=O) groups excluding carboxylic acids is 1. The summed E-state index contributed by atoms with van der Waals surface area (Å²) in [5, 5.41) is 1.02. The summed E-state index contributed by atoms with van der Waals surface area (Å²) in [6.45, 7) is 2.19. The van der Waals surface area contributed by atoms with Crippen LogP contribution in [0, 0.1) is 6.92 Å². The second kappa shape index (κ2) is 5.75. The molecule has 21 heavy (non-hydrogen) atoms. The number of nitrogens with zero attached hydrogens (tertiary/aromatic N) is 1. The van der Waals surface area contributed by atoms with Gasteiger partial charge >= 0.3 is 5.97 Å². The topological polar surface area (TPSA) is 39.2 Å². The van der Waals surface area contributed by atoms with Crippen LogP contribution in [0.5, 0.6) is 0 Å². The lowest BCUT2D eigenvalue weighted by Gasteiger charge is -2.09. The molecule has 0 N–H and O–H groups in total. The molecule has 3 heteroatoms. The highest BCUT2D eigenvalue weighted by atomic mass is 16.5. The van der Waals surface area contributed by atoms with Crippen LogP contribution >= 0.6 is 0 Å². The summed E-state index contributed by atoms with van der Waals surface area (Å²) in [5.41, 5.74) is 3.37. The highest BCUT2D eigenvalue weighted by Crippen LogP contribution is 2.19. The van der Waals surface area contributed by atoms with E-state index < -0.39 is 0 Å². The predicted molar refractivity (Wildman–Crippen MR) is 82.0 cm³/mol. The number of hydrogen-bond donors (Lipinski definition) is 0. The van der Waals surface area contributed by atoms with Gasteiger partial charge in [0.1, 0.15) is 6.61 Å². The van der Waals surface area contributed by atoms with Crippen LogP contribution in [-0.4, -0.2) is 11.0 Å². The minimum Gasteiger partial charge on any atom is -0.457 e. The molecule has 0 saturated carbocycles. The molecule has 0 spiro atoms. The maximum atomic E-state index is 12.0. The number of pyridine rings is 1. The summed E-state index contributed by atoms with van der Waals surface area (Å²) >= 11 is 0. The molecule has 1 heterocycles. The van der Waals surface area contributed by atoms with Gasteiger partial charge in [0.05, 0.1) is 11.1 Å². The number of ether oxygens (including phenoxy) is 1. The Morgan fingerprint density at radius 2 is 1.76 bits per heavy atom. The van der Waals surface area contributed by atoms with E-state index in [0.717, 1.165) is 22.2 Å². The second-order valence-electron chi connectivity index (χ2n) is 4.88. The highest BCUT2D eigenvalue weighted by Gasteiger charge is 2.09. The molecule has 0 aliphatic heterocycles. The molecule has 0 unspecified atom stereocenters. The van der Waals surface area contributed by atoms with Crippen molar-refractivity contribution in [2.24, 2.45) is 0 Å². The lowest BCUT2D eigenvalue weighted by atomic mass is 10.1. The Kier molecular flexibility index (Phi) is 3.65. The van der Waals surface area contributed by atoms with Gasteiger partial charge in [-0.3, -0.25) is 4.98 Å². The zero-order valence-corrected chi connectivity index (χ0v) is 11.7. The van der Waals surface area contributed by atoms with Gasteiger partial charge in [0.15, 0.2) is 0 Å². The zero-order valence-electron chi connectivity index (χ0n) is 11.7. The summed E-state index contributed by atoms with van der Waals surface area (Å²) in [5.74, 6) is -0.311. The maximum absolute atomic E-state index is 12.0. The maximum Gasteiger partial charge on any atom is 0.338 e. The Morgan fingerprint density at radius 1 is 1.05 bits per heavy atom. The zero-order chi connectivity index (χ0) is 14.7. The van der Waals surface area contributed by atoms with Crippen LogP contribution in [0.2, 0.25) is 0 Å². The number of para-hydroxylation sites is 1. The average molecular weight is 277 g/mol. The molecule has 0 bridgehead atoms. The van der Waals surface area contributed by atoms with Crippen LogP contribution in [0.1, 0.15) is 21.6 Å². The number of aromatic nitrogens is 1. The van der Waals surface area contributed by atoms with Gasteiger partial charge in [-0.05, 0) is 31.2 Å². The van der Waals surface area contributed by atoms with E-state index in [1.165, 1.54) is 0 Å². The minimum absolute atomic E-state index is 0.248. The van der Waals surface area contributed by atoms with E-state index in [1.54, 1.807) is 12.1 Å². The first-order valence-electron chi connectivity index (χ1n) is 6.81. The molecule has 3 nitrogen and oxygen atoms in total. The van der Waals surface area contributed by atoms with Gasteiger partial charge < -0.3 is 4.74 Å². The molecular formula is C18H15NO2.